The zero-order valence-corrected chi connectivity index (χ0v) is 12.7. The van der Waals surface area contributed by atoms with Gasteiger partial charge in [0.05, 0.1) is 20.7 Å². The van der Waals surface area contributed by atoms with Gasteiger partial charge in [0, 0.05) is 6.04 Å². The van der Waals surface area contributed by atoms with E-state index in [4.69, 9.17) is 23.2 Å². The molecule has 102 valence electrons. The minimum atomic E-state index is -3.34. The molecule has 0 saturated heterocycles. The third-order valence-corrected chi connectivity index (χ3v) is 5.27. The molecule has 1 aromatic rings. The molecule has 0 aromatic heterocycles. The number of rotatable bonds is 6. The second-order valence-electron chi connectivity index (χ2n) is 4.13. The molecule has 0 aliphatic carbocycles. The summed E-state index contributed by atoms with van der Waals surface area (Å²) >= 11 is 11.6. The first kappa shape index (κ1) is 15.8. The van der Waals surface area contributed by atoms with Crippen molar-refractivity contribution in [2.45, 2.75) is 30.7 Å². The molecule has 1 rings (SSSR count). The molecule has 1 unspecified atom stereocenters. The van der Waals surface area contributed by atoms with Crippen molar-refractivity contribution < 1.29 is 8.42 Å². The maximum Gasteiger partial charge on any atom is 0.179 e. The summed E-state index contributed by atoms with van der Waals surface area (Å²) < 4.78 is 24.4. The first-order valence-electron chi connectivity index (χ1n) is 5.75. The van der Waals surface area contributed by atoms with Crippen molar-refractivity contribution in [2.75, 3.05) is 12.8 Å². The van der Waals surface area contributed by atoms with Gasteiger partial charge in [0.25, 0.3) is 0 Å². The summed E-state index contributed by atoms with van der Waals surface area (Å²) in [5, 5.41) is 3.63. The molecule has 0 amide bonds. The van der Waals surface area contributed by atoms with Crippen LogP contribution in [0.25, 0.3) is 0 Å². The minimum Gasteiger partial charge on any atom is -0.316 e. The number of halogens is 2. The van der Waals surface area contributed by atoms with Crippen LogP contribution in [-0.4, -0.2) is 27.3 Å². The Labute approximate surface area is 118 Å². The van der Waals surface area contributed by atoms with Gasteiger partial charge in [-0.25, -0.2) is 8.42 Å². The molecule has 0 aliphatic heterocycles. The standard InChI is InChI=1S/C12H17Cl2NO2S/c1-3-4-9(15-2)8-18(16,17)10-5-6-11(13)12(14)7-10/h5-7,9,15H,3-4,8H2,1-2H3. The van der Waals surface area contributed by atoms with Crippen LogP contribution in [0.15, 0.2) is 23.1 Å². The van der Waals surface area contributed by atoms with E-state index in [0.717, 1.165) is 12.8 Å². The van der Waals surface area contributed by atoms with Crippen LogP contribution in [0.2, 0.25) is 10.0 Å². The van der Waals surface area contributed by atoms with E-state index in [2.05, 4.69) is 5.32 Å². The lowest BCUT2D eigenvalue weighted by molar-refractivity contribution is 0.536. The third-order valence-electron chi connectivity index (χ3n) is 2.72. The highest BCUT2D eigenvalue weighted by molar-refractivity contribution is 7.91. The van der Waals surface area contributed by atoms with E-state index in [1.165, 1.54) is 18.2 Å². The molecule has 0 saturated carbocycles. The van der Waals surface area contributed by atoms with Crippen LogP contribution >= 0.6 is 23.2 Å². The average molecular weight is 310 g/mol. The Kier molecular flexibility index (Phi) is 5.92. The van der Waals surface area contributed by atoms with Crippen molar-refractivity contribution in [3.8, 4) is 0 Å². The highest BCUT2D eigenvalue weighted by Crippen LogP contribution is 2.25. The smallest absolute Gasteiger partial charge is 0.179 e. The van der Waals surface area contributed by atoms with Crippen LogP contribution in [0.5, 0.6) is 0 Å². The summed E-state index contributed by atoms with van der Waals surface area (Å²) in [6.07, 6.45) is 1.75. The summed E-state index contributed by atoms with van der Waals surface area (Å²) in [6.45, 7) is 2.02. The number of nitrogens with one attached hydrogen (secondary N) is 1. The Morgan fingerprint density at radius 1 is 1.28 bits per heavy atom. The highest BCUT2D eigenvalue weighted by atomic mass is 35.5. The average Bonchev–Trinajstić information content (AvgIpc) is 2.31. The van der Waals surface area contributed by atoms with Crippen LogP contribution in [0.1, 0.15) is 19.8 Å². The molecule has 0 heterocycles. The van der Waals surface area contributed by atoms with E-state index in [1.54, 1.807) is 7.05 Å². The molecule has 18 heavy (non-hydrogen) atoms. The second kappa shape index (κ2) is 6.75. The van der Waals surface area contributed by atoms with Gasteiger partial charge in [-0.05, 0) is 31.7 Å². The molecule has 3 nitrogen and oxygen atoms in total. The molecule has 1 atom stereocenters. The van der Waals surface area contributed by atoms with Crippen LogP contribution in [0.3, 0.4) is 0 Å². The van der Waals surface area contributed by atoms with Crippen LogP contribution in [-0.2, 0) is 9.84 Å². The lowest BCUT2D eigenvalue weighted by Crippen LogP contribution is -2.32. The molecule has 1 aromatic carbocycles. The van der Waals surface area contributed by atoms with Crippen molar-refractivity contribution >= 4 is 33.0 Å². The first-order chi connectivity index (χ1) is 8.40. The van der Waals surface area contributed by atoms with Crippen molar-refractivity contribution in [3.63, 3.8) is 0 Å². The van der Waals surface area contributed by atoms with Crippen LogP contribution < -0.4 is 5.32 Å². The van der Waals surface area contributed by atoms with Gasteiger partial charge in [0.15, 0.2) is 9.84 Å². The normalized spacial score (nSPS) is 13.6. The van der Waals surface area contributed by atoms with Gasteiger partial charge in [-0.15, -0.1) is 0 Å². The summed E-state index contributed by atoms with van der Waals surface area (Å²) in [5.41, 5.74) is 0. The van der Waals surface area contributed by atoms with E-state index in [0.29, 0.717) is 5.02 Å². The zero-order valence-electron chi connectivity index (χ0n) is 10.4. The number of benzene rings is 1. The summed E-state index contributed by atoms with van der Waals surface area (Å²) in [5.74, 6) is 0.0648. The number of hydrogen-bond donors (Lipinski definition) is 1. The fraction of sp³-hybridized carbons (Fsp3) is 0.500. The third kappa shape index (κ3) is 4.12. The lowest BCUT2D eigenvalue weighted by Gasteiger charge is -2.15. The Balaban J connectivity index is 2.95. The Morgan fingerprint density at radius 2 is 1.94 bits per heavy atom. The Bertz CT molecular complexity index is 503. The van der Waals surface area contributed by atoms with E-state index < -0.39 is 9.84 Å². The fourth-order valence-corrected chi connectivity index (χ4v) is 3.68. The number of hydrogen-bond acceptors (Lipinski definition) is 3. The molecule has 0 aliphatic rings. The first-order valence-corrected chi connectivity index (χ1v) is 8.16. The van der Waals surface area contributed by atoms with Gasteiger partial charge < -0.3 is 5.32 Å². The predicted octanol–water partition coefficient (Wildman–Crippen LogP) is 3.16. The Morgan fingerprint density at radius 3 is 2.44 bits per heavy atom. The SMILES string of the molecule is CCCC(CS(=O)(=O)c1ccc(Cl)c(Cl)c1)NC. The van der Waals surface area contributed by atoms with Gasteiger partial charge in [0.1, 0.15) is 0 Å². The van der Waals surface area contributed by atoms with Gasteiger partial charge in [-0.2, -0.15) is 0 Å². The Hall–Kier alpha value is -0.290. The molecule has 6 heteroatoms. The van der Waals surface area contributed by atoms with E-state index in [9.17, 15) is 8.42 Å². The molecule has 0 radical (unpaired) electrons. The molecular weight excluding hydrogens is 293 g/mol. The van der Waals surface area contributed by atoms with E-state index in [-0.39, 0.29) is 21.7 Å². The maximum absolute atomic E-state index is 12.2. The van der Waals surface area contributed by atoms with Crippen molar-refractivity contribution in [2.24, 2.45) is 0 Å². The maximum atomic E-state index is 12.2. The highest BCUT2D eigenvalue weighted by Gasteiger charge is 2.20. The largest absolute Gasteiger partial charge is 0.316 e. The molecule has 0 spiro atoms. The minimum absolute atomic E-state index is 0.0468. The quantitative estimate of drug-likeness (QED) is 0.878. The zero-order chi connectivity index (χ0) is 13.8. The van der Waals surface area contributed by atoms with Gasteiger partial charge in [-0.1, -0.05) is 36.5 Å². The summed E-state index contributed by atoms with van der Waals surface area (Å²) in [7, 11) is -1.57. The van der Waals surface area contributed by atoms with Crippen molar-refractivity contribution in [3.05, 3.63) is 28.2 Å². The van der Waals surface area contributed by atoms with E-state index in [1.807, 2.05) is 6.92 Å². The molecule has 0 bridgehead atoms. The van der Waals surface area contributed by atoms with Crippen LogP contribution in [0.4, 0.5) is 0 Å². The van der Waals surface area contributed by atoms with Gasteiger partial charge in [0.2, 0.25) is 0 Å². The van der Waals surface area contributed by atoms with Crippen molar-refractivity contribution in [1.82, 2.24) is 5.32 Å². The summed E-state index contributed by atoms with van der Waals surface area (Å²) in [4.78, 5) is 0.216. The topological polar surface area (TPSA) is 46.2 Å². The van der Waals surface area contributed by atoms with Gasteiger partial charge >= 0.3 is 0 Å². The molecular formula is C12H17Cl2NO2S. The predicted molar refractivity (Wildman–Crippen MR) is 76.3 cm³/mol. The summed E-state index contributed by atoms with van der Waals surface area (Å²) in [6, 6.07) is 4.35. The monoisotopic (exact) mass is 309 g/mol. The number of sulfone groups is 1. The van der Waals surface area contributed by atoms with E-state index >= 15 is 0 Å². The second-order valence-corrected chi connectivity index (χ2v) is 6.98. The van der Waals surface area contributed by atoms with Crippen molar-refractivity contribution in [1.29, 1.82) is 0 Å². The lowest BCUT2D eigenvalue weighted by atomic mass is 10.2. The molecule has 1 N–H and O–H groups in total. The van der Waals surface area contributed by atoms with Gasteiger partial charge in [-0.3, -0.25) is 0 Å². The fourth-order valence-electron chi connectivity index (χ4n) is 1.69. The van der Waals surface area contributed by atoms with Crippen LogP contribution in [0, 0.1) is 0 Å². The molecule has 0 fully saturated rings.